The maximum Gasteiger partial charge on any atom is 0.0427 e. The summed E-state index contributed by atoms with van der Waals surface area (Å²) in [6, 6.07) is 0. The van der Waals surface area contributed by atoms with Gasteiger partial charge >= 0.3 is 0 Å². The minimum absolute atomic E-state index is 1.17. The highest BCUT2D eigenvalue weighted by Crippen LogP contribution is 1.63. The van der Waals surface area contributed by atoms with Crippen LogP contribution < -0.4 is 0 Å². The summed E-state index contributed by atoms with van der Waals surface area (Å²) in [5.74, 6) is 0. The Balaban J connectivity index is 3.54. The Bertz CT molecular complexity index is 55.2. The molecule has 1 atom stereocenters. The van der Waals surface area contributed by atoms with E-state index in [2.05, 4.69) is 0 Å². The third kappa shape index (κ3) is 3.96. The van der Waals surface area contributed by atoms with Crippen molar-refractivity contribution in [2.45, 2.75) is 6.92 Å². The summed E-state index contributed by atoms with van der Waals surface area (Å²) < 4.78 is 14.0. The van der Waals surface area contributed by atoms with Gasteiger partial charge in [0.2, 0.25) is 0 Å². The molecule has 0 aromatic heterocycles. The van der Waals surface area contributed by atoms with Gasteiger partial charge in [-0.25, -0.2) is 0 Å². The molecule has 0 radical (unpaired) electrons. The Morgan fingerprint density at radius 2 is 2.40 bits per heavy atom. The second-order valence-electron chi connectivity index (χ2n) is 1.12. The molecule has 0 aliphatic carbocycles. The van der Waals surface area contributed by atoms with E-state index in [9.17, 15) is 0 Å². The fourth-order valence-electron chi connectivity index (χ4n) is 0. The van der Waals surface area contributed by atoms with Crippen LogP contribution in [0, 0.1) is 0 Å². The van der Waals surface area contributed by atoms with Crippen LogP contribution in [-0.4, -0.2) is 25.5 Å². The number of hydrogen-bond acceptors (Lipinski definition) is 1. The first-order valence-electron chi connectivity index (χ1n) is 2.62. The predicted octanol–water partition coefficient (Wildman–Crippen LogP) is 0.568. The fraction of sp³-hybridized carbons (Fsp3) is 1.00. The van der Waals surface area contributed by atoms with Gasteiger partial charge in [-0.3, -0.25) is 0 Å². The first-order valence-corrected chi connectivity index (χ1v) is 1.62. The lowest BCUT2D eigenvalue weighted by molar-refractivity contribution is 0.434. The van der Waals surface area contributed by atoms with Crippen LogP contribution in [0.5, 0.6) is 0 Å². The average molecular weight is 76.2 g/mol. The van der Waals surface area contributed by atoms with Gasteiger partial charge in [-0.15, -0.1) is 0 Å². The van der Waals surface area contributed by atoms with Crippen molar-refractivity contribution in [1.82, 2.24) is 4.90 Å². The third-order valence-electron chi connectivity index (χ3n) is 0.447. The molecule has 0 amide bonds. The molecular weight excluding hydrogens is 62.1 g/mol. The molecule has 0 heterocycles. The van der Waals surface area contributed by atoms with Gasteiger partial charge < -0.3 is 4.90 Å². The topological polar surface area (TPSA) is 3.24 Å². The van der Waals surface area contributed by atoms with Gasteiger partial charge in [-0.05, 0) is 20.6 Å². The van der Waals surface area contributed by atoms with Crippen LogP contribution in [0.4, 0.5) is 0 Å². The second-order valence-corrected chi connectivity index (χ2v) is 1.12. The lowest BCUT2D eigenvalue weighted by atomic mass is 10.7. The van der Waals surface area contributed by atoms with E-state index in [0.717, 1.165) is 0 Å². The standard InChI is InChI=1S/C4H11N/c1-4-5(2)3/h4H2,1-3H3/i4TD. The molecule has 0 saturated carbocycles. The van der Waals surface area contributed by atoms with Gasteiger partial charge in [0.1, 0.15) is 0 Å². The zero-order valence-electron chi connectivity index (χ0n) is 5.95. The van der Waals surface area contributed by atoms with Gasteiger partial charge in [-0.2, -0.15) is 0 Å². The molecule has 0 aromatic rings. The van der Waals surface area contributed by atoms with Crippen molar-refractivity contribution >= 4 is 0 Å². The van der Waals surface area contributed by atoms with Gasteiger partial charge in [-0.1, -0.05) is 6.92 Å². The smallest absolute Gasteiger partial charge is 0.0427 e. The Hall–Kier alpha value is -0.0400. The largest absolute Gasteiger partial charge is 0.310 e. The van der Waals surface area contributed by atoms with Crippen LogP contribution >= 0.6 is 0 Å². The third-order valence-corrected chi connectivity index (χ3v) is 0.447. The van der Waals surface area contributed by atoms with Crippen molar-refractivity contribution in [1.29, 1.82) is 0 Å². The first-order chi connectivity index (χ1) is 2.94. The molecule has 0 fully saturated rings. The van der Waals surface area contributed by atoms with E-state index in [1.165, 1.54) is 11.8 Å². The highest BCUT2D eigenvalue weighted by atomic mass is 15.0. The van der Waals surface area contributed by atoms with Gasteiger partial charge in [0.15, 0.2) is 0 Å². The molecule has 0 aliphatic rings. The maximum atomic E-state index is 6.98. The highest BCUT2D eigenvalue weighted by Gasteiger charge is 1.72. The van der Waals surface area contributed by atoms with E-state index in [1.807, 2.05) is 0 Å². The number of nitrogens with zero attached hydrogens (tertiary/aromatic N) is 1. The second kappa shape index (κ2) is 2.21. The van der Waals surface area contributed by atoms with E-state index in [1.54, 1.807) is 14.1 Å². The van der Waals surface area contributed by atoms with Crippen LogP contribution in [0.2, 0.25) is 0 Å². The lowest BCUT2D eigenvalue weighted by Crippen LogP contribution is -2.08. The summed E-state index contributed by atoms with van der Waals surface area (Å²) in [6.07, 6.45) is 0. The Morgan fingerprint density at radius 3 is 2.40 bits per heavy atom. The normalized spacial score (nSPS) is 28.0. The highest BCUT2D eigenvalue weighted by molar-refractivity contribution is 4.25. The van der Waals surface area contributed by atoms with E-state index in [0.29, 0.717) is 0 Å². The average Bonchev–Trinajstić information content (AvgIpc) is 1.31. The van der Waals surface area contributed by atoms with Gasteiger partial charge in [0.05, 0.1) is 0 Å². The van der Waals surface area contributed by atoms with Crippen molar-refractivity contribution in [3.63, 3.8) is 0 Å². The van der Waals surface area contributed by atoms with Crippen molar-refractivity contribution in [2.75, 3.05) is 20.6 Å². The minimum atomic E-state index is -1.17. The Labute approximate surface area is 36.4 Å². The zero-order chi connectivity index (χ0) is 6.08. The summed E-state index contributed by atoms with van der Waals surface area (Å²) in [7, 11) is 3.42. The van der Waals surface area contributed by atoms with Crippen molar-refractivity contribution in [3.05, 3.63) is 0 Å². The summed E-state index contributed by atoms with van der Waals surface area (Å²) >= 11 is 0. The molecule has 0 bridgehead atoms. The minimum Gasteiger partial charge on any atom is -0.310 e. The van der Waals surface area contributed by atoms with Crippen LogP contribution in [0.3, 0.4) is 0 Å². The number of rotatable bonds is 1. The molecule has 1 unspecified atom stereocenters. The summed E-state index contributed by atoms with van der Waals surface area (Å²) in [6.45, 7) is 0.354. The molecule has 1 heteroatoms. The molecule has 0 aromatic carbocycles. The first kappa shape index (κ1) is 2.19. The van der Waals surface area contributed by atoms with Crippen molar-refractivity contribution in [3.8, 4) is 0 Å². The lowest BCUT2D eigenvalue weighted by Gasteiger charge is -2.00. The summed E-state index contributed by atoms with van der Waals surface area (Å²) in [5, 5.41) is 0. The van der Waals surface area contributed by atoms with E-state index in [4.69, 9.17) is 2.74 Å². The number of hydrogen-bond donors (Lipinski definition) is 0. The molecule has 0 aliphatic heterocycles. The Kier molecular flexibility index (Phi) is 0.969. The van der Waals surface area contributed by atoms with E-state index in [-0.39, 0.29) is 0 Å². The quantitative estimate of drug-likeness (QED) is 0.441. The summed E-state index contributed by atoms with van der Waals surface area (Å²) in [5.41, 5.74) is 0. The molecule has 1 nitrogen and oxygen atoms in total. The van der Waals surface area contributed by atoms with Crippen LogP contribution in [0.1, 0.15) is 9.67 Å². The molecule has 0 N–H and O–H groups in total. The molecule has 0 spiro atoms. The van der Waals surface area contributed by atoms with Crippen molar-refractivity contribution < 1.29 is 2.74 Å². The van der Waals surface area contributed by atoms with Crippen LogP contribution in [-0.2, 0) is 0 Å². The zero-order valence-corrected chi connectivity index (χ0v) is 3.95. The predicted molar refractivity (Wildman–Crippen MR) is 24.2 cm³/mol. The van der Waals surface area contributed by atoms with E-state index >= 15 is 0 Å². The Morgan fingerprint density at radius 1 is 2.20 bits per heavy atom. The van der Waals surface area contributed by atoms with Crippen LogP contribution in [0.25, 0.3) is 0 Å². The molecular formula is C4H11N. The van der Waals surface area contributed by atoms with Gasteiger partial charge in [0, 0.05) is 2.74 Å². The van der Waals surface area contributed by atoms with Gasteiger partial charge in [0.25, 0.3) is 0 Å². The monoisotopic (exact) mass is 76.1 g/mol. The van der Waals surface area contributed by atoms with E-state index < -0.39 is 6.50 Å². The molecule has 0 saturated heterocycles. The molecule has 5 heavy (non-hydrogen) atoms. The van der Waals surface area contributed by atoms with Crippen LogP contribution in [0.15, 0.2) is 0 Å². The maximum absolute atomic E-state index is 6.98. The fourth-order valence-corrected chi connectivity index (χ4v) is 0. The molecule has 32 valence electrons. The SMILES string of the molecule is [2H]C([3H])(C)N(C)C. The van der Waals surface area contributed by atoms with Crippen molar-refractivity contribution in [2.24, 2.45) is 0 Å². The summed E-state index contributed by atoms with van der Waals surface area (Å²) in [4.78, 5) is 1.52. The molecule has 0 rings (SSSR count).